The average molecular weight is 199 g/mol. The molecule has 0 atom stereocenters. The fourth-order valence-electron chi connectivity index (χ4n) is 1.14. The fourth-order valence-corrected chi connectivity index (χ4v) is 1.14. The Kier molecular flexibility index (Phi) is 5.60. The van der Waals surface area contributed by atoms with Crippen molar-refractivity contribution in [2.24, 2.45) is 0 Å². The van der Waals surface area contributed by atoms with Crippen molar-refractivity contribution in [1.29, 1.82) is 0 Å². The Labute approximate surface area is 84.2 Å². The minimum atomic E-state index is -0.834. The summed E-state index contributed by atoms with van der Waals surface area (Å²) < 4.78 is 0. The lowest BCUT2D eigenvalue weighted by molar-refractivity contribution is -0.138. The van der Waals surface area contributed by atoms with Crippen LogP contribution >= 0.6 is 0 Å². The van der Waals surface area contributed by atoms with Crippen LogP contribution in [0.2, 0.25) is 0 Å². The van der Waals surface area contributed by atoms with E-state index in [-0.39, 0.29) is 18.4 Å². The highest BCUT2D eigenvalue weighted by Crippen LogP contribution is 2.02. The first-order valence-corrected chi connectivity index (χ1v) is 4.64. The zero-order valence-corrected chi connectivity index (χ0v) is 8.69. The third-order valence-corrected chi connectivity index (χ3v) is 1.87. The van der Waals surface area contributed by atoms with Crippen molar-refractivity contribution in [3.63, 3.8) is 0 Å². The van der Waals surface area contributed by atoms with E-state index in [1.807, 2.05) is 13.8 Å². The van der Waals surface area contributed by atoms with Gasteiger partial charge in [-0.05, 0) is 26.3 Å². The van der Waals surface area contributed by atoms with Crippen LogP contribution in [0.25, 0.3) is 0 Å². The quantitative estimate of drug-likeness (QED) is 0.655. The summed E-state index contributed by atoms with van der Waals surface area (Å²) in [4.78, 5) is 23.2. The van der Waals surface area contributed by atoms with Gasteiger partial charge in [0, 0.05) is 19.0 Å². The van der Waals surface area contributed by atoms with Crippen LogP contribution in [0.15, 0.2) is 12.7 Å². The molecule has 0 unspecified atom stereocenters. The summed E-state index contributed by atoms with van der Waals surface area (Å²) in [5, 5.41) is 8.44. The van der Waals surface area contributed by atoms with E-state index in [2.05, 4.69) is 6.58 Å². The highest BCUT2D eigenvalue weighted by molar-refractivity contribution is 5.87. The second kappa shape index (κ2) is 6.18. The van der Waals surface area contributed by atoms with Crippen molar-refractivity contribution >= 4 is 11.9 Å². The molecule has 0 radical (unpaired) electrons. The van der Waals surface area contributed by atoms with Gasteiger partial charge in [0.25, 0.3) is 0 Å². The van der Waals surface area contributed by atoms with Crippen LogP contribution in [0.3, 0.4) is 0 Å². The largest absolute Gasteiger partial charge is 0.481 e. The Morgan fingerprint density at radius 2 is 2.07 bits per heavy atom. The molecule has 0 spiro atoms. The lowest BCUT2D eigenvalue weighted by Gasteiger charge is -2.25. The summed E-state index contributed by atoms with van der Waals surface area (Å²) in [7, 11) is 0. The van der Waals surface area contributed by atoms with E-state index in [0.29, 0.717) is 13.0 Å². The van der Waals surface area contributed by atoms with Crippen LogP contribution in [0.5, 0.6) is 0 Å². The number of hydrogen-bond donors (Lipinski definition) is 1. The zero-order chi connectivity index (χ0) is 11.1. The second-order valence-electron chi connectivity index (χ2n) is 3.33. The third-order valence-electron chi connectivity index (χ3n) is 1.87. The molecule has 0 aromatic carbocycles. The van der Waals surface area contributed by atoms with Crippen molar-refractivity contribution in [2.45, 2.75) is 32.7 Å². The number of hydrogen-bond acceptors (Lipinski definition) is 2. The van der Waals surface area contributed by atoms with E-state index < -0.39 is 5.97 Å². The van der Waals surface area contributed by atoms with E-state index in [4.69, 9.17) is 5.11 Å². The van der Waals surface area contributed by atoms with Gasteiger partial charge >= 0.3 is 5.97 Å². The smallest absolute Gasteiger partial charge is 0.303 e. The number of amides is 1. The summed E-state index contributed by atoms with van der Waals surface area (Å²) in [6.07, 6.45) is 1.82. The fraction of sp³-hybridized carbons (Fsp3) is 0.600. The Morgan fingerprint density at radius 3 is 2.43 bits per heavy atom. The molecule has 1 N–H and O–H groups in total. The molecule has 0 saturated heterocycles. The maximum absolute atomic E-state index is 11.3. The van der Waals surface area contributed by atoms with Crippen LogP contribution < -0.4 is 0 Å². The molecule has 0 heterocycles. The normalized spacial score (nSPS) is 9.93. The Bertz CT molecular complexity index is 223. The topological polar surface area (TPSA) is 57.6 Å². The first-order valence-electron chi connectivity index (χ1n) is 4.64. The third kappa shape index (κ3) is 4.64. The van der Waals surface area contributed by atoms with E-state index in [0.717, 1.165) is 0 Å². The molecule has 4 heteroatoms. The molecular weight excluding hydrogens is 182 g/mol. The molecule has 0 fully saturated rings. The molecule has 14 heavy (non-hydrogen) atoms. The van der Waals surface area contributed by atoms with Crippen LogP contribution in [-0.4, -0.2) is 34.5 Å². The van der Waals surface area contributed by atoms with Gasteiger partial charge in [-0.25, -0.2) is 0 Å². The number of carbonyl (C=O) groups is 2. The minimum Gasteiger partial charge on any atom is -0.481 e. The molecule has 0 aliphatic heterocycles. The number of carboxylic acids is 1. The number of carbonyl (C=O) groups excluding carboxylic acids is 1. The Balaban J connectivity index is 4.04. The van der Waals surface area contributed by atoms with Gasteiger partial charge in [0.1, 0.15) is 0 Å². The SMILES string of the molecule is C=CC(=O)N(CCCC(=O)O)C(C)C. The first kappa shape index (κ1) is 12.7. The van der Waals surface area contributed by atoms with Gasteiger partial charge in [-0.1, -0.05) is 6.58 Å². The zero-order valence-electron chi connectivity index (χ0n) is 8.69. The summed E-state index contributed by atoms with van der Waals surface area (Å²) in [5.41, 5.74) is 0. The second-order valence-corrected chi connectivity index (χ2v) is 3.33. The van der Waals surface area contributed by atoms with Crippen molar-refractivity contribution < 1.29 is 14.7 Å². The van der Waals surface area contributed by atoms with Crippen molar-refractivity contribution in [3.05, 3.63) is 12.7 Å². The van der Waals surface area contributed by atoms with Gasteiger partial charge in [0.2, 0.25) is 5.91 Å². The molecule has 4 nitrogen and oxygen atoms in total. The summed E-state index contributed by atoms with van der Waals surface area (Å²) in [6.45, 7) is 7.65. The van der Waals surface area contributed by atoms with Crippen molar-refractivity contribution in [2.75, 3.05) is 6.54 Å². The lowest BCUT2D eigenvalue weighted by Crippen LogP contribution is -2.36. The summed E-state index contributed by atoms with van der Waals surface area (Å²) in [5.74, 6) is -0.981. The molecule has 0 aromatic rings. The van der Waals surface area contributed by atoms with Crippen LogP contribution in [-0.2, 0) is 9.59 Å². The summed E-state index contributed by atoms with van der Waals surface area (Å²) in [6, 6.07) is 0.0781. The molecular formula is C10H17NO3. The molecule has 1 amide bonds. The predicted octanol–water partition coefficient (Wildman–Crippen LogP) is 1.27. The molecule has 0 aliphatic carbocycles. The number of rotatable bonds is 6. The van der Waals surface area contributed by atoms with E-state index in [9.17, 15) is 9.59 Å². The average Bonchev–Trinajstić information content (AvgIpc) is 2.10. The lowest BCUT2D eigenvalue weighted by atomic mass is 10.2. The highest BCUT2D eigenvalue weighted by atomic mass is 16.4. The number of carboxylic acid groups (broad SMARTS) is 1. The highest BCUT2D eigenvalue weighted by Gasteiger charge is 2.13. The van der Waals surface area contributed by atoms with Gasteiger partial charge < -0.3 is 10.0 Å². The predicted molar refractivity (Wildman–Crippen MR) is 53.9 cm³/mol. The van der Waals surface area contributed by atoms with Crippen LogP contribution in [0, 0.1) is 0 Å². The summed E-state index contributed by atoms with van der Waals surface area (Å²) >= 11 is 0. The number of aliphatic carboxylic acids is 1. The standard InChI is InChI=1S/C10H17NO3/c1-4-9(12)11(8(2)3)7-5-6-10(13)14/h4,8H,1,5-7H2,2-3H3,(H,13,14). The Morgan fingerprint density at radius 1 is 1.50 bits per heavy atom. The molecule has 0 saturated carbocycles. The first-order chi connectivity index (χ1) is 6.49. The minimum absolute atomic E-state index is 0.0781. The van der Waals surface area contributed by atoms with E-state index in [1.54, 1.807) is 4.90 Å². The maximum atomic E-state index is 11.3. The van der Waals surface area contributed by atoms with E-state index >= 15 is 0 Å². The molecule has 0 rings (SSSR count). The van der Waals surface area contributed by atoms with Crippen molar-refractivity contribution in [3.8, 4) is 0 Å². The van der Waals surface area contributed by atoms with Gasteiger partial charge in [0.05, 0.1) is 0 Å². The maximum Gasteiger partial charge on any atom is 0.303 e. The molecule has 0 bridgehead atoms. The molecule has 80 valence electrons. The number of nitrogens with zero attached hydrogens (tertiary/aromatic N) is 1. The monoisotopic (exact) mass is 199 g/mol. The van der Waals surface area contributed by atoms with Gasteiger partial charge in [-0.2, -0.15) is 0 Å². The van der Waals surface area contributed by atoms with Crippen molar-refractivity contribution in [1.82, 2.24) is 4.90 Å². The van der Waals surface area contributed by atoms with Gasteiger partial charge in [-0.15, -0.1) is 0 Å². The molecule has 0 aromatic heterocycles. The Hall–Kier alpha value is -1.32. The van der Waals surface area contributed by atoms with Gasteiger partial charge in [-0.3, -0.25) is 9.59 Å². The van der Waals surface area contributed by atoms with Crippen LogP contribution in [0.4, 0.5) is 0 Å². The van der Waals surface area contributed by atoms with Crippen LogP contribution in [0.1, 0.15) is 26.7 Å². The van der Waals surface area contributed by atoms with Gasteiger partial charge in [0.15, 0.2) is 0 Å². The van der Waals surface area contributed by atoms with E-state index in [1.165, 1.54) is 6.08 Å². The molecule has 0 aliphatic rings.